The number of thiazole rings is 1. The van der Waals surface area contributed by atoms with E-state index < -0.39 is 0 Å². The van der Waals surface area contributed by atoms with Crippen molar-refractivity contribution in [1.29, 1.82) is 0 Å². The van der Waals surface area contributed by atoms with Crippen LogP contribution in [0.15, 0.2) is 42.7 Å². The highest BCUT2D eigenvalue weighted by Crippen LogP contribution is 2.24. The van der Waals surface area contributed by atoms with Crippen LogP contribution in [-0.4, -0.2) is 15.9 Å². The van der Waals surface area contributed by atoms with Gasteiger partial charge in [-0.15, -0.1) is 0 Å². The molecule has 3 N–H and O–H groups in total. The summed E-state index contributed by atoms with van der Waals surface area (Å²) in [6.07, 6.45) is 3.46. The first-order valence-electron chi connectivity index (χ1n) is 6.50. The minimum atomic E-state index is -0.125. The SMILES string of the molecule is C[C@H](NC(=O)c1ccc2nc(N)sc2c1)c1cccnc1. The molecule has 2 heterocycles. The highest BCUT2D eigenvalue weighted by molar-refractivity contribution is 7.22. The predicted molar refractivity (Wildman–Crippen MR) is 84.2 cm³/mol. The molecule has 0 aliphatic carbocycles. The maximum absolute atomic E-state index is 12.3. The van der Waals surface area contributed by atoms with Crippen molar-refractivity contribution in [2.24, 2.45) is 0 Å². The Kier molecular flexibility index (Phi) is 3.53. The molecule has 0 radical (unpaired) electrons. The summed E-state index contributed by atoms with van der Waals surface area (Å²) < 4.78 is 0.911. The zero-order valence-corrected chi connectivity index (χ0v) is 12.2. The molecule has 0 aliphatic heterocycles. The lowest BCUT2D eigenvalue weighted by Crippen LogP contribution is -2.26. The van der Waals surface area contributed by atoms with Crippen LogP contribution in [-0.2, 0) is 0 Å². The third kappa shape index (κ3) is 2.85. The van der Waals surface area contributed by atoms with Gasteiger partial charge >= 0.3 is 0 Å². The van der Waals surface area contributed by atoms with E-state index in [1.807, 2.05) is 31.2 Å². The van der Waals surface area contributed by atoms with Gasteiger partial charge in [-0.1, -0.05) is 17.4 Å². The molecule has 3 rings (SSSR count). The molecule has 5 nitrogen and oxygen atoms in total. The van der Waals surface area contributed by atoms with Gasteiger partial charge in [0.1, 0.15) is 0 Å². The summed E-state index contributed by atoms with van der Waals surface area (Å²) in [5.41, 5.74) is 8.05. The number of aromatic nitrogens is 2. The number of amides is 1. The number of nitrogens with two attached hydrogens (primary N) is 1. The van der Waals surface area contributed by atoms with Crippen molar-refractivity contribution in [3.8, 4) is 0 Å². The minimum Gasteiger partial charge on any atom is -0.375 e. The Balaban J connectivity index is 1.80. The number of pyridine rings is 1. The Bertz CT molecular complexity index is 785. The van der Waals surface area contributed by atoms with Crippen LogP contribution in [0.3, 0.4) is 0 Å². The van der Waals surface area contributed by atoms with E-state index in [4.69, 9.17) is 5.73 Å². The van der Waals surface area contributed by atoms with Crippen molar-refractivity contribution in [2.45, 2.75) is 13.0 Å². The number of rotatable bonds is 3. The number of anilines is 1. The molecule has 0 saturated heterocycles. The average molecular weight is 298 g/mol. The van der Waals surface area contributed by atoms with E-state index in [1.54, 1.807) is 18.5 Å². The summed E-state index contributed by atoms with van der Waals surface area (Å²) in [6.45, 7) is 1.93. The van der Waals surface area contributed by atoms with Gasteiger partial charge in [-0.2, -0.15) is 0 Å². The molecule has 0 bridgehead atoms. The van der Waals surface area contributed by atoms with Gasteiger partial charge in [-0.05, 0) is 36.8 Å². The number of hydrogen-bond acceptors (Lipinski definition) is 5. The van der Waals surface area contributed by atoms with Crippen molar-refractivity contribution in [1.82, 2.24) is 15.3 Å². The number of fused-ring (bicyclic) bond motifs is 1. The molecule has 21 heavy (non-hydrogen) atoms. The standard InChI is InChI=1S/C15H14N4OS/c1-9(11-3-2-6-17-8-11)18-14(20)10-4-5-12-13(7-10)21-15(16)19-12/h2-9H,1H3,(H2,16,19)(H,18,20)/t9-/m0/s1. The second-order valence-corrected chi connectivity index (χ2v) is 5.78. The second-order valence-electron chi connectivity index (χ2n) is 4.72. The first kappa shape index (κ1) is 13.5. The lowest BCUT2D eigenvalue weighted by atomic mass is 10.1. The first-order chi connectivity index (χ1) is 10.1. The third-order valence-corrected chi connectivity index (χ3v) is 4.05. The van der Waals surface area contributed by atoms with E-state index in [0.29, 0.717) is 10.7 Å². The fourth-order valence-electron chi connectivity index (χ4n) is 2.08. The summed E-state index contributed by atoms with van der Waals surface area (Å²) in [5, 5.41) is 3.46. The van der Waals surface area contributed by atoms with Gasteiger partial charge in [-0.25, -0.2) is 4.98 Å². The van der Waals surface area contributed by atoms with E-state index in [0.717, 1.165) is 15.8 Å². The van der Waals surface area contributed by atoms with Gasteiger partial charge in [0, 0.05) is 18.0 Å². The lowest BCUT2D eigenvalue weighted by molar-refractivity contribution is 0.0940. The van der Waals surface area contributed by atoms with Crippen molar-refractivity contribution in [3.63, 3.8) is 0 Å². The highest BCUT2D eigenvalue weighted by atomic mass is 32.1. The van der Waals surface area contributed by atoms with Crippen molar-refractivity contribution in [2.75, 3.05) is 5.73 Å². The molecule has 6 heteroatoms. The topological polar surface area (TPSA) is 80.9 Å². The molecule has 3 aromatic rings. The van der Waals surface area contributed by atoms with Gasteiger partial charge in [0.2, 0.25) is 0 Å². The van der Waals surface area contributed by atoms with Crippen molar-refractivity contribution >= 4 is 32.6 Å². The Morgan fingerprint density at radius 1 is 1.38 bits per heavy atom. The molecule has 0 fully saturated rings. The van der Waals surface area contributed by atoms with E-state index in [9.17, 15) is 4.79 Å². The number of carbonyl (C=O) groups is 1. The number of carbonyl (C=O) groups excluding carboxylic acids is 1. The molecule has 0 spiro atoms. The Hall–Kier alpha value is -2.47. The summed E-state index contributed by atoms with van der Waals surface area (Å²) >= 11 is 1.38. The first-order valence-corrected chi connectivity index (χ1v) is 7.32. The molecule has 106 valence electrons. The maximum Gasteiger partial charge on any atom is 0.251 e. The van der Waals surface area contributed by atoms with Crippen molar-refractivity contribution < 1.29 is 4.79 Å². The summed E-state index contributed by atoms with van der Waals surface area (Å²) in [7, 11) is 0. The number of nitrogen functional groups attached to an aromatic ring is 1. The van der Waals surface area contributed by atoms with Gasteiger partial charge in [0.05, 0.1) is 16.3 Å². The quantitative estimate of drug-likeness (QED) is 0.779. The molecule has 1 aromatic carbocycles. The normalized spacial score (nSPS) is 12.2. The van der Waals surface area contributed by atoms with Crippen LogP contribution < -0.4 is 11.1 Å². The van der Waals surface area contributed by atoms with Crippen LogP contribution in [0, 0.1) is 0 Å². The number of hydrogen-bond donors (Lipinski definition) is 2. The number of nitrogens with zero attached hydrogens (tertiary/aromatic N) is 2. The second kappa shape index (κ2) is 5.49. The molecule has 0 saturated carbocycles. The third-order valence-electron chi connectivity index (χ3n) is 3.20. The molecule has 0 unspecified atom stereocenters. The molecule has 1 amide bonds. The lowest BCUT2D eigenvalue weighted by Gasteiger charge is -2.13. The average Bonchev–Trinajstić information content (AvgIpc) is 2.87. The monoisotopic (exact) mass is 298 g/mol. The molecule has 1 atom stereocenters. The molecular formula is C15H14N4OS. The smallest absolute Gasteiger partial charge is 0.251 e. The largest absolute Gasteiger partial charge is 0.375 e. The van der Waals surface area contributed by atoms with E-state index in [1.165, 1.54) is 11.3 Å². The Morgan fingerprint density at radius 2 is 2.24 bits per heavy atom. The summed E-state index contributed by atoms with van der Waals surface area (Å²) in [6, 6.07) is 9.07. The molecule has 2 aromatic heterocycles. The van der Waals surface area contributed by atoms with Gasteiger partial charge < -0.3 is 11.1 Å². The minimum absolute atomic E-state index is 0.103. The van der Waals surface area contributed by atoms with E-state index in [-0.39, 0.29) is 11.9 Å². The van der Waals surface area contributed by atoms with Crippen LogP contribution in [0.4, 0.5) is 5.13 Å². The van der Waals surface area contributed by atoms with Crippen LogP contribution in [0.2, 0.25) is 0 Å². The van der Waals surface area contributed by atoms with Gasteiger partial charge in [0.25, 0.3) is 5.91 Å². The van der Waals surface area contributed by atoms with Crippen LogP contribution >= 0.6 is 11.3 Å². The van der Waals surface area contributed by atoms with Crippen molar-refractivity contribution in [3.05, 3.63) is 53.9 Å². The Morgan fingerprint density at radius 3 is 3.00 bits per heavy atom. The highest BCUT2D eigenvalue weighted by Gasteiger charge is 2.12. The van der Waals surface area contributed by atoms with Crippen LogP contribution in [0.25, 0.3) is 10.2 Å². The van der Waals surface area contributed by atoms with E-state index >= 15 is 0 Å². The number of benzene rings is 1. The Labute approximate surface area is 125 Å². The fourth-order valence-corrected chi connectivity index (χ4v) is 2.85. The fraction of sp³-hybridized carbons (Fsp3) is 0.133. The summed E-state index contributed by atoms with van der Waals surface area (Å²) in [4.78, 5) is 20.5. The zero-order chi connectivity index (χ0) is 14.8. The maximum atomic E-state index is 12.3. The van der Waals surface area contributed by atoms with Gasteiger partial charge in [-0.3, -0.25) is 9.78 Å². The zero-order valence-electron chi connectivity index (χ0n) is 11.4. The van der Waals surface area contributed by atoms with E-state index in [2.05, 4.69) is 15.3 Å². The predicted octanol–water partition coefficient (Wildman–Crippen LogP) is 2.76. The molecular weight excluding hydrogens is 284 g/mol. The van der Waals surface area contributed by atoms with Crippen LogP contribution in [0.5, 0.6) is 0 Å². The molecule has 0 aliphatic rings. The van der Waals surface area contributed by atoms with Gasteiger partial charge in [0.15, 0.2) is 5.13 Å². The van der Waals surface area contributed by atoms with Crippen LogP contribution in [0.1, 0.15) is 28.9 Å². The number of nitrogens with one attached hydrogen (secondary N) is 1. The summed E-state index contributed by atoms with van der Waals surface area (Å²) in [5.74, 6) is -0.125.